The molecule has 1 fully saturated rings. The Balaban J connectivity index is 2.29. The molecular weight excluding hydrogens is 212 g/mol. The van der Waals surface area contributed by atoms with Gasteiger partial charge in [0.15, 0.2) is 0 Å². The summed E-state index contributed by atoms with van der Waals surface area (Å²) in [5, 5.41) is 3.62. The third-order valence-electron chi connectivity index (χ3n) is 4.39. The summed E-state index contributed by atoms with van der Waals surface area (Å²) in [6.45, 7) is 6.44. The van der Waals surface area contributed by atoms with Gasteiger partial charge in [-0.2, -0.15) is 0 Å². The van der Waals surface area contributed by atoms with Crippen molar-refractivity contribution >= 4 is 0 Å². The van der Waals surface area contributed by atoms with Gasteiger partial charge in [-0.05, 0) is 53.8 Å². The topological polar surface area (TPSA) is 24.5 Å². The number of likely N-dealkylation sites (N-methyl/N-ethyl adjacent to an activating group) is 1. The Morgan fingerprint density at radius 3 is 2.29 bits per heavy atom. The predicted molar refractivity (Wildman–Crippen MR) is 73.5 cm³/mol. The van der Waals surface area contributed by atoms with E-state index in [4.69, 9.17) is 4.74 Å². The maximum absolute atomic E-state index is 5.43. The number of rotatable bonds is 7. The molecule has 3 nitrogen and oxygen atoms in total. The molecule has 0 bridgehead atoms. The fourth-order valence-corrected chi connectivity index (χ4v) is 2.63. The van der Waals surface area contributed by atoms with Crippen LogP contribution in [0.3, 0.4) is 0 Å². The fraction of sp³-hybridized carbons (Fsp3) is 1.00. The van der Waals surface area contributed by atoms with Crippen molar-refractivity contribution in [3.05, 3.63) is 0 Å². The summed E-state index contributed by atoms with van der Waals surface area (Å²) in [5.74, 6) is 0. The van der Waals surface area contributed by atoms with Gasteiger partial charge < -0.3 is 15.0 Å². The molecule has 1 aliphatic carbocycles. The quantitative estimate of drug-likeness (QED) is 0.693. The predicted octanol–water partition coefficient (Wildman–Crippen LogP) is 2.27. The van der Waals surface area contributed by atoms with Crippen LogP contribution < -0.4 is 5.32 Å². The van der Waals surface area contributed by atoms with Gasteiger partial charge in [0, 0.05) is 19.2 Å². The van der Waals surface area contributed by atoms with E-state index < -0.39 is 0 Å². The summed E-state index contributed by atoms with van der Waals surface area (Å²) in [6, 6.07) is 0. The van der Waals surface area contributed by atoms with E-state index >= 15 is 0 Å². The molecular formula is C14H30N2O. The molecule has 0 unspecified atom stereocenters. The average molecular weight is 242 g/mol. The summed E-state index contributed by atoms with van der Waals surface area (Å²) < 4.78 is 5.43. The Morgan fingerprint density at radius 1 is 1.24 bits per heavy atom. The first-order valence-electron chi connectivity index (χ1n) is 6.85. The van der Waals surface area contributed by atoms with Crippen LogP contribution in [0.25, 0.3) is 0 Å². The fourth-order valence-electron chi connectivity index (χ4n) is 2.63. The summed E-state index contributed by atoms with van der Waals surface area (Å²) in [4.78, 5) is 2.41. The second-order valence-corrected chi connectivity index (χ2v) is 6.22. The molecule has 3 heteroatoms. The summed E-state index contributed by atoms with van der Waals surface area (Å²) >= 11 is 0. The highest BCUT2D eigenvalue weighted by molar-refractivity contribution is 4.94. The zero-order valence-corrected chi connectivity index (χ0v) is 12.3. The molecule has 0 atom stereocenters. The van der Waals surface area contributed by atoms with Crippen molar-refractivity contribution in [3.63, 3.8) is 0 Å². The van der Waals surface area contributed by atoms with Gasteiger partial charge in [0.05, 0.1) is 5.60 Å². The average Bonchev–Trinajstić information content (AvgIpc) is 2.74. The number of nitrogens with one attached hydrogen (secondary N) is 1. The first-order chi connectivity index (χ1) is 7.92. The molecule has 0 aromatic carbocycles. The Labute approximate surface area is 107 Å². The van der Waals surface area contributed by atoms with Crippen LogP contribution in [0.2, 0.25) is 0 Å². The van der Waals surface area contributed by atoms with Crippen molar-refractivity contribution in [2.75, 3.05) is 34.3 Å². The number of nitrogens with zero attached hydrogens (tertiary/aromatic N) is 1. The zero-order chi connectivity index (χ0) is 12.9. The van der Waals surface area contributed by atoms with Crippen LogP contribution in [-0.2, 0) is 4.74 Å². The minimum Gasteiger partial charge on any atom is -0.379 e. The van der Waals surface area contributed by atoms with E-state index in [-0.39, 0.29) is 5.60 Å². The Morgan fingerprint density at radius 2 is 1.82 bits per heavy atom. The lowest BCUT2D eigenvalue weighted by atomic mass is 9.95. The van der Waals surface area contributed by atoms with Gasteiger partial charge in [-0.1, -0.05) is 12.8 Å². The van der Waals surface area contributed by atoms with Crippen LogP contribution in [0, 0.1) is 0 Å². The highest BCUT2D eigenvalue weighted by Gasteiger charge is 2.35. The molecule has 0 aliphatic heterocycles. The minimum atomic E-state index is -0.00600. The largest absolute Gasteiger partial charge is 0.379 e. The van der Waals surface area contributed by atoms with Crippen molar-refractivity contribution in [1.29, 1.82) is 0 Å². The molecule has 0 aromatic rings. The molecule has 0 amide bonds. The van der Waals surface area contributed by atoms with E-state index in [1.54, 1.807) is 7.11 Å². The van der Waals surface area contributed by atoms with Gasteiger partial charge >= 0.3 is 0 Å². The monoisotopic (exact) mass is 242 g/mol. The van der Waals surface area contributed by atoms with Gasteiger partial charge in [0.1, 0.15) is 0 Å². The maximum Gasteiger partial charge on any atom is 0.0634 e. The molecule has 0 heterocycles. The lowest BCUT2D eigenvalue weighted by Crippen LogP contribution is -2.50. The number of hydrogen-bond acceptors (Lipinski definition) is 3. The van der Waals surface area contributed by atoms with Gasteiger partial charge in [-0.3, -0.25) is 0 Å². The Bertz CT molecular complexity index is 220. The second-order valence-electron chi connectivity index (χ2n) is 6.22. The SMILES string of the molecule is COC(C)(C)CCNCC1(N(C)C)CCCC1. The van der Waals surface area contributed by atoms with Gasteiger partial charge in [0.2, 0.25) is 0 Å². The van der Waals surface area contributed by atoms with E-state index in [0.717, 1.165) is 19.5 Å². The van der Waals surface area contributed by atoms with E-state index in [1.165, 1.54) is 25.7 Å². The molecule has 1 aliphatic rings. The number of hydrogen-bond donors (Lipinski definition) is 1. The minimum absolute atomic E-state index is 0.00600. The Kier molecular flexibility index (Phi) is 5.42. The highest BCUT2D eigenvalue weighted by atomic mass is 16.5. The molecule has 0 aromatic heterocycles. The first kappa shape index (κ1) is 14.9. The normalized spacial score (nSPS) is 20.1. The second kappa shape index (κ2) is 6.17. The molecule has 0 saturated heterocycles. The van der Waals surface area contributed by atoms with Crippen LogP contribution in [-0.4, -0.2) is 50.3 Å². The van der Waals surface area contributed by atoms with E-state index in [1.807, 2.05) is 0 Å². The summed E-state index contributed by atoms with van der Waals surface area (Å²) in [6.07, 6.45) is 6.49. The Hall–Kier alpha value is -0.120. The van der Waals surface area contributed by atoms with E-state index in [0.29, 0.717) is 5.54 Å². The van der Waals surface area contributed by atoms with Crippen LogP contribution in [0.1, 0.15) is 46.0 Å². The molecule has 17 heavy (non-hydrogen) atoms. The molecule has 1 saturated carbocycles. The molecule has 102 valence electrons. The summed E-state index contributed by atoms with van der Waals surface area (Å²) in [5.41, 5.74) is 0.394. The lowest BCUT2D eigenvalue weighted by molar-refractivity contribution is 0.0150. The van der Waals surface area contributed by atoms with Crippen molar-refractivity contribution in [1.82, 2.24) is 10.2 Å². The number of ether oxygens (including phenoxy) is 1. The first-order valence-corrected chi connectivity index (χ1v) is 6.85. The van der Waals surface area contributed by atoms with E-state index in [9.17, 15) is 0 Å². The van der Waals surface area contributed by atoms with E-state index in [2.05, 4.69) is 38.2 Å². The third kappa shape index (κ3) is 4.23. The highest BCUT2D eigenvalue weighted by Crippen LogP contribution is 2.33. The lowest BCUT2D eigenvalue weighted by Gasteiger charge is -2.37. The third-order valence-corrected chi connectivity index (χ3v) is 4.39. The molecule has 0 radical (unpaired) electrons. The maximum atomic E-state index is 5.43. The van der Waals surface area contributed by atoms with Crippen molar-refractivity contribution in [2.24, 2.45) is 0 Å². The van der Waals surface area contributed by atoms with Crippen LogP contribution in [0.15, 0.2) is 0 Å². The van der Waals surface area contributed by atoms with Crippen molar-refractivity contribution < 1.29 is 4.74 Å². The molecule has 0 spiro atoms. The smallest absolute Gasteiger partial charge is 0.0634 e. The zero-order valence-electron chi connectivity index (χ0n) is 12.3. The van der Waals surface area contributed by atoms with Crippen LogP contribution in [0.5, 0.6) is 0 Å². The van der Waals surface area contributed by atoms with Crippen LogP contribution >= 0.6 is 0 Å². The molecule has 1 N–H and O–H groups in total. The number of methoxy groups -OCH3 is 1. The van der Waals surface area contributed by atoms with Gasteiger partial charge in [-0.15, -0.1) is 0 Å². The summed E-state index contributed by atoms with van der Waals surface area (Å²) in [7, 11) is 6.22. The standard InChI is InChI=1S/C14H30N2O/c1-13(2,17-5)10-11-15-12-14(16(3)4)8-6-7-9-14/h15H,6-12H2,1-5H3. The molecule has 1 rings (SSSR count). The van der Waals surface area contributed by atoms with Gasteiger partial charge in [-0.25, -0.2) is 0 Å². The van der Waals surface area contributed by atoms with Crippen LogP contribution in [0.4, 0.5) is 0 Å². The van der Waals surface area contributed by atoms with Gasteiger partial charge in [0.25, 0.3) is 0 Å². The van der Waals surface area contributed by atoms with Crippen molar-refractivity contribution in [2.45, 2.75) is 57.1 Å². The van der Waals surface area contributed by atoms with Crippen molar-refractivity contribution in [3.8, 4) is 0 Å².